The summed E-state index contributed by atoms with van der Waals surface area (Å²) in [5, 5.41) is 13.5. The molecule has 0 spiro atoms. The third-order valence-electron chi connectivity index (χ3n) is 6.11. The molecule has 0 bridgehead atoms. The molecular weight excluding hydrogens is 326 g/mol. The van der Waals surface area contributed by atoms with Crippen LogP contribution < -0.4 is 5.32 Å². The highest BCUT2D eigenvalue weighted by Crippen LogP contribution is 2.42. The largest absolute Gasteiger partial charge is 0.394 e. The third-order valence-corrected chi connectivity index (χ3v) is 6.11. The van der Waals surface area contributed by atoms with Crippen LogP contribution in [0.4, 0.5) is 0 Å². The minimum Gasteiger partial charge on any atom is -0.394 e. The average Bonchev–Trinajstić information content (AvgIpc) is 2.88. The van der Waals surface area contributed by atoms with Crippen molar-refractivity contribution in [2.45, 2.75) is 32.4 Å². The molecule has 26 heavy (non-hydrogen) atoms. The minimum atomic E-state index is -0.220. The number of carbonyl (C=O) groups excluding carboxylic acids is 1. The number of nitrogens with zero attached hydrogens (tertiary/aromatic N) is 2. The Hall–Kier alpha value is -2.11. The Morgan fingerprint density at radius 1 is 1.38 bits per heavy atom. The lowest BCUT2D eigenvalue weighted by Gasteiger charge is -2.39. The number of aromatic nitrogens is 1. The van der Waals surface area contributed by atoms with Gasteiger partial charge in [-0.25, -0.2) is 0 Å². The number of nitrogens with one attached hydrogen (secondary N) is 1. The Morgan fingerprint density at radius 2 is 2.15 bits per heavy atom. The van der Waals surface area contributed by atoms with Crippen LogP contribution >= 0.6 is 0 Å². The van der Waals surface area contributed by atoms with E-state index in [0.29, 0.717) is 12.6 Å². The number of aliphatic hydroxyl groups is 1. The monoisotopic (exact) mass is 353 g/mol. The first-order valence-corrected chi connectivity index (χ1v) is 9.32. The summed E-state index contributed by atoms with van der Waals surface area (Å²) in [5.41, 5.74) is 6.55. The topological polar surface area (TPSA) is 57.5 Å². The van der Waals surface area contributed by atoms with Gasteiger partial charge in [0.2, 0.25) is 5.91 Å². The molecule has 2 N–H and O–H groups in total. The smallest absolute Gasteiger partial charge is 0.228 e. The van der Waals surface area contributed by atoms with Crippen LogP contribution in [-0.2, 0) is 18.3 Å². The van der Waals surface area contributed by atoms with Crippen molar-refractivity contribution in [3.05, 3.63) is 41.1 Å². The van der Waals surface area contributed by atoms with Crippen molar-refractivity contribution in [1.29, 1.82) is 0 Å². The zero-order valence-electron chi connectivity index (χ0n) is 15.9. The zero-order valence-corrected chi connectivity index (χ0v) is 15.9. The van der Waals surface area contributed by atoms with Gasteiger partial charge in [0.1, 0.15) is 0 Å². The first-order valence-electron chi connectivity index (χ1n) is 9.32. The zero-order chi connectivity index (χ0) is 18.6. The van der Waals surface area contributed by atoms with Crippen molar-refractivity contribution in [3.8, 4) is 0 Å². The fraction of sp³-hybridized carbons (Fsp3) is 0.476. The van der Waals surface area contributed by atoms with E-state index in [9.17, 15) is 9.90 Å². The van der Waals surface area contributed by atoms with Crippen LogP contribution in [0, 0.1) is 12.8 Å². The molecule has 0 radical (unpaired) electrons. The van der Waals surface area contributed by atoms with Crippen LogP contribution in [-0.4, -0.2) is 52.8 Å². The van der Waals surface area contributed by atoms with E-state index in [2.05, 4.69) is 60.1 Å². The van der Waals surface area contributed by atoms with E-state index in [1.54, 1.807) is 0 Å². The molecule has 1 aliphatic carbocycles. The number of carbonyl (C=O) groups is 1. The highest BCUT2D eigenvalue weighted by molar-refractivity contribution is 6.00. The van der Waals surface area contributed by atoms with Gasteiger partial charge in [0, 0.05) is 42.3 Å². The van der Waals surface area contributed by atoms with E-state index in [4.69, 9.17) is 0 Å². The molecule has 0 fully saturated rings. The van der Waals surface area contributed by atoms with Gasteiger partial charge in [-0.15, -0.1) is 0 Å². The molecule has 138 valence electrons. The molecule has 3 atom stereocenters. The van der Waals surface area contributed by atoms with Crippen molar-refractivity contribution >= 4 is 22.4 Å². The normalized spacial score (nSPS) is 23.5. The van der Waals surface area contributed by atoms with Crippen LogP contribution in [0.3, 0.4) is 0 Å². The number of fused-ring (bicyclic) bond motifs is 2. The molecule has 4 rings (SSSR count). The molecule has 1 aliphatic heterocycles. The van der Waals surface area contributed by atoms with Gasteiger partial charge in [-0.2, -0.15) is 0 Å². The molecule has 1 aromatic heterocycles. The Morgan fingerprint density at radius 3 is 2.88 bits per heavy atom. The predicted molar refractivity (Wildman–Crippen MR) is 104 cm³/mol. The number of aliphatic hydroxyl groups excluding tert-OH is 1. The van der Waals surface area contributed by atoms with Crippen molar-refractivity contribution in [3.63, 3.8) is 0 Å². The van der Waals surface area contributed by atoms with E-state index < -0.39 is 0 Å². The quantitative estimate of drug-likeness (QED) is 0.885. The summed E-state index contributed by atoms with van der Waals surface area (Å²) in [6.45, 7) is 4.68. The van der Waals surface area contributed by atoms with Crippen LogP contribution in [0.25, 0.3) is 16.5 Å². The second-order valence-corrected chi connectivity index (χ2v) is 7.80. The van der Waals surface area contributed by atoms with Gasteiger partial charge in [-0.05, 0) is 50.1 Å². The first-order chi connectivity index (χ1) is 12.4. The van der Waals surface area contributed by atoms with Crippen LogP contribution in [0.5, 0.6) is 0 Å². The summed E-state index contributed by atoms with van der Waals surface area (Å²) in [6.07, 6.45) is 3.15. The van der Waals surface area contributed by atoms with Crippen LogP contribution in [0.15, 0.2) is 24.3 Å². The van der Waals surface area contributed by atoms with Gasteiger partial charge >= 0.3 is 0 Å². The standard InChI is InChI=1S/C21H27N3O2/c1-12(11-25)22-21(26)14-8-17-15-6-5-7-18-20(15)16(13(2)24(18)4)9-19(17)23(3)10-14/h5-8,12,14,19,25H,9-11H2,1-4H3,(H,22,26). The molecule has 5 nitrogen and oxygen atoms in total. The first kappa shape index (κ1) is 17.3. The van der Waals surface area contributed by atoms with Gasteiger partial charge in [0.05, 0.1) is 12.5 Å². The summed E-state index contributed by atoms with van der Waals surface area (Å²) in [6, 6.07) is 6.57. The van der Waals surface area contributed by atoms with E-state index >= 15 is 0 Å². The fourth-order valence-corrected chi connectivity index (χ4v) is 4.53. The van der Waals surface area contributed by atoms with Crippen molar-refractivity contribution in [2.75, 3.05) is 20.2 Å². The number of benzene rings is 1. The highest BCUT2D eigenvalue weighted by Gasteiger charge is 2.36. The summed E-state index contributed by atoms with van der Waals surface area (Å²) in [5.74, 6) is -0.201. The molecule has 0 saturated heterocycles. The van der Waals surface area contributed by atoms with Crippen LogP contribution in [0.2, 0.25) is 0 Å². The lowest BCUT2D eigenvalue weighted by molar-refractivity contribution is -0.125. The van der Waals surface area contributed by atoms with Crippen molar-refractivity contribution in [2.24, 2.45) is 13.0 Å². The second kappa shape index (κ2) is 6.25. The maximum absolute atomic E-state index is 12.6. The SMILES string of the molecule is Cc1c2c3c(cccc3n1C)C1=CC(C(=O)NC(C)CO)CN(C)C1C2. The number of hydrogen-bond acceptors (Lipinski definition) is 3. The van der Waals surface area contributed by atoms with E-state index in [0.717, 1.165) is 6.42 Å². The Labute approximate surface area is 154 Å². The Balaban J connectivity index is 1.81. The van der Waals surface area contributed by atoms with Gasteiger partial charge < -0.3 is 15.0 Å². The van der Waals surface area contributed by atoms with Gasteiger partial charge in [0.15, 0.2) is 0 Å². The number of rotatable bonds is 3. The second-order valence-electron chi connectivity index (χ2n) is 7.80. The van der Waals surface area contributed by atoms with Gasteiger partial charge in [-0.3, -0.25) is 9.69 Å². The lowest BCUT2D eigenvalue weighted by atomic mass is 9.79. The molecule has 0 saturated carbocycles. The Bertz CT molecular complexity index is 912. The van der Waals surface area contributed by atoms with E-state index in [1.165, 1.54) is 33.3 Å². The maximum atomic E-state index is 12.6. The number of likely N-dealkylation sites (N-methyl/N-ethyl adjacent to an activating group) is 1. The molecular formula is C21H27N3O2. The average molecular weight is 353 g/mol. The van der Waals surface area contributed by atoms with E-state index in [-0.39, 0.29) is 24.5 Å². The summed E-state index contributed by atoms with van der Waals surface area (Å²) in [7, 11) is 4.24. The summed E-state index contributed by atoms with van der Waals surface area (Å²) < 4.78 is 2.28. The maximum Gasteiger partial charge on any atom is 0.228 e. The third kappa shape index (κ3) is 2.49. The molecule has 5 heteroatoms. The van der Waals surface area contributed by atoms with Gasteiger partial charge in [0.25, 0.3) is 0 Å². The number of aryl methyl sites for hydroxylation is 1. The number of amides is 1. The molecule has 1 aromatic carbocycles. The minimum absolute atomic E-state index is 0.00781. The summed E-state index contributed by atoms with van der Waals surface area (Å²) in [4.78, 5) is 14.9. The molecule has 3 unspecified atom stereocenters. The van der Waals surface area contributed by atoms with Crippen molar-refractivity contribution < 1.29 is 9.90 Å². The molecule has 2 aromatic rings. The Kier molecular flexibility index (Phi) is 4.16. The van der Waals surface area contributed by atoms with Gasteiger partial charge in [-0.1, -0.05) is 18.2 Å². The molecule has 2 heterocycles. The highest BCUT2D eigenvalue weighted by atomic mass is 16.3. The van der Waals surface area contributed by atoms with Crippen LogP contribution in [0.1, 0.15) is 23.7 Å². The molecule has 2 aliphatic rings. The predicted octanol–water partition coefficient (Wildman–Crippen LogP) is 1.85. The summed E-state index contributed by atoms with van der Waals surface area (Å²) >= 11 is 0. The number of hydrogen-bond donors (Lipinski definition) is 2. The molecule has 1 amide bonds. The lowest BCUT2D eigenvalue weighted by Crippen LogP contribution is -2.48. The van der Waals surface area contributed by atoms with E-state index in [1.807, 2.05) is 6.92 Å². The fourth-order valence-electron chi connectivity index (χ4n) is 4.53. The van der Waals surface area contributed by atoms with Crippen molar-refractivity contribution in [1.82, 2.24) is 14.8 Å².